The molecule has 92 valence electrons. The Hall–Kier alpha value is -1.92. The largest absolute Gasteiger partial charge is 0.463 e. The molecule has 0 aliphatic heterocycles. The minimum absolute atomic E-state index is 0.230. The van der Waals surface area contributed by atoms with Crippen LogP contribution in [0.4, 0.5) is 17.6 Å². The molecule has 0 heterocycles. The van der Waals surface area contributed by atoms with Gasteiger partial charge in [-0.3, -0.25) is 4.79 Å². The normalized spacial score (nSPS) is 11.1. The van der Waals surface area contributed by atoms with Crippen LogP contribution in [0.3, 0.4) is 0 Å². The van der Waals surface area contributed by atoms with E-state index >= 15 is 0 Å². The average molecular weight is 250 g/mol. The zero-order chi connectivity index (χ0) is 13.2. The Balaban J connectivity index is 3.23. The molecule has 1 rings (SSSR count). The number of ether oxygens (including phenoxy) is 1. The second-order valence-corrected chi connectivity index (χ2v) is 3.05. The van der Waals surface area contributed by atoms with Crippen molar-refractivity contribution in [1.82, 2.24) is 0 Å². The number of Topliss-reactive ketones (excluding diaryl/α,β-unsaturated/α-hetero) is 1. The molecular weight excluding hydrogens is 244 g/mol. The van der Waals surface area contributed by atoms with Crippen molar-refractivity contribution < 1.29 is 31.9 Å². The first kappa shape index (κ1) is 13.1. The van der Waals surface area contributed by atoms with Crippen LogP contribution in [0.25, 0.3) is 0 Å². The van der Waals surface area contributed by atoms with E-state index in [1.54, 1.807) is 0 Å². The van der Waals surface area contributed by atoms with Gasteiger partial charge in [0.2, 0.25) is 0 Å². The summed E-state index contributed by atoms with van der Waals surface area (Å²) in [6.45, 7) is 0. The van der Waals surface area contributed by atoms with Crippen LogP contribution in [0.5, 0.6) is 0 Å². The third kappa shape index (κ3) is 3.02. The Morgan fingerprint density at radius 2 is 1.76 bits per heavy atom. The molecule has 0 fully saturated rings. The van der Waals surface area contributed by atoms with Crippen LogP contribution >= 0.6 is 0 Å². The van der Waals surface area contributed by atoms with Crippen molar-refractivity contribution in [3.8, 4) is 0 Å². The van der Waals surface area contributed by atoms with Gasteiger partial charge in [-0.05, 0) is 18.2 Å². The molecule has 7 heteroatoms. The Labute approximate surface area is 93.0 Å². The van der Waals surface area contributed by atoms with Gasteiger partial charge in [0.05, 0.1) is 12.7 Å². The maximum Gasteiger partial charge on any atom is 0.416 e. The van der Waals surface area contributed by atoms with Gasteiger partial charge < -0.3 is 4.74 Å². The molecule has 0 atom stereocenters. The SMILES string of the molecule is COC(=O)C(=O)c1cc(F)cc(C(F)(F)F)c1. The van der Waals surface area contributed by atoms with Gasteiger partial charge in [0.15, 0.2) is 0 Å². The molecule has 0 saturated heterocycles. The van der Waals surface area contributed by atoms with E-state index in [0.717, 1.165) is 7.11 Å². The summed E-state index contributed by atoms with van der Waals surface area (Å²) in [7, 11) is 0.893. The van der Waals surface area contributed by atoms with Crippen molar-refractivity contribution in [2.75, 3.05) is 7.11 Å². The van der Waals surface area contributed by atoms with Crippen molar-refractivity contribution in [2.45, 2.75) is 6.18 Å². The van der Waals surface area contributed by atoms with Crippen molar-refractivity contribution in [2.24, 2.45) is 0 Å². The summed E-state index contributed by atoms with van der Waals surface area (Å²) >= 11 is 0. The van der Waals surface area contributed by atoms with Crippen LogP contribution in [0.1, 0.15) is 15.9 Å². The zero-order valence-electron chi connectivity index (χ0n) is 8.47. The van der Waals surface area contributed by atoms with E-state index in [2.05, 4.69) is 4.74 Å². The van der Waals surface area contributed by atoms with Gasteiger partial charge in [-0.2, -0.15) is 13.2 Å². The van der Waals surface area contributed by atoms with Crippen molar-refractivity contribution in [1.29, 1.82) is 0 Å². The molecule has 0 aliphatic rings. The monoisotopic (exact) mass is 250 g/mol. The third-order valence-corrected chi connectivity index (χ3v) is 1.86. The number of benzene rings is 1. The van der Waals surface area contributed by atoms with E-state index in [0.29, 0.717) is 12.1 Å². The first-order valence-electron chi connectivity index (χ1n) is 4.26. The number of alkyl halides is 3. The van der Waals surface area contributed by atoms with E-state index < -0.39 is 34.9 Å². The highest BCUT2D eigenvalue weighted by Crippen LogP contribution is 2.30. The van der Waals surface area contributed by atoms with Gasteiger partial charge in [-0.1, -0.05) is 0 Å². The van der Waals surface area contributed by atoms with Crippen LogP contribution in [0.15, 0.2) is 18.2 Å². The summed E-state index contributed by atoms with van der Waals surface area (Å²) < 4.78 is 53.8. The highest BCUT2D eigenvalue weighted by Gasteiger charge is 2.32. The lowest BCUT2D eigenvalue weighted by molar-refractivity contribution is -0.138. The molecule has 0 unspecified atom stereocenters. The van der Waals surface area contributed by atoms with Gasteiger partial charge in [0.1, 0.15) is 5.82 Å². The van der Waals surface area contributed by atoms with Crippen molar-refractivity contribution >= 4 is 11.8 Å². The predicted molar refractivity (Wildman–Crippen MR) is 47.7 cm³/mol. The minimum Gasteiger partial charge on any atom is -0.463 e. The lowest BCUT2D eigenvalue weighted by atomic mass is 10.1. The Kier molecular flexibility index (Phi) is 3.50. The lowest BCUT2D eigenvalue weighted by Gasteiger charge is -2.08. The van der Waals surface area contributed by atoms with Crippen molar-refractivity contribution in [3.63, 3.8) is 0 Å². The molecule has 0 amide bonds. The highest BCUT2D eigenvalue weighted by atomic mass is 19.4. The maximum atomic E-state index is 12.9. The third-order valence-electron chi connectivity index (χ3n) is 1.86. The second kappa shape index (κ2) is 4.52. The van der Waals surface area contributed by atoms with Gasteiger partial charge in [-0.15, -0.1) is 0 Å². The van der Waals surface area contributed by atoms with Gasteiger partial charge in [-0.25, -0.2) is 9.18 Å². The zero-order valence-corrected chi connectivity index (χ0v) is 8.47. The minimum atomic E-state index is -4.80. The van der Waals surface area contributed by atoms with Crippen LogP contribution in [-0.4, -0.2) is 18.9 Å². The smallest absolute Gasteiger partial charge is 0.416 e. The fourth-order valence-electron chi connectivity index (χ4n) is 1.09. The number of carbonyl (C=O) groups is 2. The molecule has 0 bridgehead atoms. The molecule has 1 aromatic carbocycles. The summed E-state index contributed by atoms with van der Waals surface area (Å²) in [6, 6.07) is 1.16. The molecular formula is C10H6F4O3. The number of rotatable bonds is 2. The van der Waals surface area contributed by atoms with E-state index in [9.17, 15) is 27.2 Å². The lowest BCUT2D eigenvalue weighted by Crippen LogP contribution is -2.17. The maximum absolute atomic E-state index is 12.9. The van der Waals surface area contributed by atoms with Crippen LogP contribution in [0, 0.1) is 5.82 Å². The number of hydrogen-bond acceptors (Lipinski definition) is 3. The van der Waals surface area contributed by atoms with Crippen molar-refractivity contribution in [3.05, 3.63) is 35.1 Å². The van der Waals surface area contributed by atoms with E-state index in [-0.39, 0.29) is 6.07 Å². The Morgan fingerprint density at radius 1 is 1.18 bits per heavy atom. The van der Waals surface area contributed by atoms with E-state index in [1.165, 1.54) is 0 Å². The van der Waals surface area contributed by atoms with Crippen LogP contribution in [-0.2, 0) is 15.7 Å². The fraction of sp³-hybridized carbons (Fsp3) is 0.200. The number of halogens is 4. The molecule has 0 N–H and O–H groups in total. The number of methoxy groups -OCH3 is 1. The first-order valence-corrected chi connectivity index (χ1v) is 4.26. The average Bonchev–Trinajstić information content (AvgIpc) is 2.25. The summed E-state index contributed by atoms with van der Waals surface area (Å²) in [5.74, 6) is -3.95. The van der Waals surface area contributed by atoms with Crippen LogP contribution < -0.4 is 0 Å². The topological polar surface area (TPSA) is 43.4 Å². The van der Waals surface area contributed by atoms with E-state index in [1.807, 2.05) is 0 Å². The molecule has 0 radical (unpaired) electrons. The summed E-state index contributed by atoms with van der Waals surface area (Å²) in [5, 5.41) is 0. The predicted octanol–water partition coefficient (Wildman–Crippen LogP) is 2.20. The van der Waals surface area contributed by atoms with Gasteiger partial charge in [0.25, 0.3) is 5.78 Å². The number of esters is 1. The standard InChI is InChI=1S/C10H6F4O3/c1-17-9(16)8(15)5-2-6(10(12,13)14)4-7(11)3-5/h2-4H,1H3. The highest BCUT2D eigenvalue weighted by molar-refractivity contribution is 6.40. The molecule has 0 spiro atoms. The Morgan fingerprint density at radius 3 is 2.24 bits per heavy atom. The van der Waals surface area contributed by atoms with Gasteiger partial charge in [0, 0.05) is 5.56 Å². The summed E-state index contributed by atoms with van der Waals surface area (Å²) in [4.78, 5) is 22.0. The number of carbonyl (C=O) groups excluding carboxylic acids is 2. The number of hydrogen-bond donors (Lipinski definition) is 0. The fourth-order valence-corrected chi connectivity index (χ4v) is 1.09. The molecule has 1 aromatic rings. The Bertz CT molecular complexity index is 465. The van der Waals surface area contributed by atoms with E-state index in [4.69, 9.17) is 0 Å². The molecule has 0 saturated carbocycles. The summed E-state index contributed by atoms with van der Waals surface area (Å²) in [5.41, 5.74) is -2.05. The molecule has 3 nitrogen and oxygen atoms in total. The second-order valence-electron chi connectivity index (χ2n) is 3.05. The summed E-state index contributed by atoms with van der Waals surface area (Å²) in [6.07, 6.45) is -4.80. The molecule has 17 heavy (non-hydrogen) atoms. The molecule has 0 aromatic heterocycles. The molecule has 0 aliphatic carbocycles. The van der Waals surface area contributed by atoms with Crippen LogP contribution in [0.2, 0.25) is 0 Å². The first-order chi connectivity index (χ1) is 7.75. The van der Waals surface area contributed by atoms with Gasteiger partial charge >= 0.3 is 12.1 Å². The number of ketones is 1. The quantitative estimate of drug-likeness (QED) is 0.350.